The molecular weight excluding hydrogens is 250 g/mol. The first-order chi connectivity index (χ1) is 8.76. The molecule has 2 aromatic carbocycles. The number of hydrogen-bond acceptors (Lipinski definition) is 3. The fourth-order valence-electron chi connectivity index (χ4n) is 1.52. The van der Waals surface area contributed by atoms with Gasteiger partial charge in [-0.05, 0) is 24.3 Å². The molecular formula is C14H10ClNO2. The van der Waals surface area contributed by atoms with Crippen molar-refractivity contribution in [3.8, 4) is 23.3 Å². The van der Waals surface area contributed by atoms with Crippen LogP contribution in [-0.2, 0) is 0 Å². The smallest absolute Gasteiger partial charge is 0.169 e. The van der Waals surface area contributed by atoms with E-state index in [-0.39, 0.29) is 0 Å². The van der Waals surface area contributed by atoms with Crippen LogP contribution in [0.15, 0.2) is 42.5 Å². The lowest BCUT2D eigenvalue weighted by Gasteiger charge is -2.11. The van der Waals surface area contributed by atoms with Crippen molar-refractivity contribution in [2.45, 2.75) is 0 Å². The lowest BCUT2D eigenvalue weighted by Crippen LogP contribution is -1.92. The van der Waals surface area contributed by atoms with E-state index in [0.717, 1.165) is 0 Å². The maximum Gasteiger partial charge on any atom is 0.169 e. The number of nitriles is 1. The van der Waals surface area contributed by atoms with Gasteiger partial charge in [0.25, 0.3) is 0 Å². The molecule has 3 nitrogen and oxygen atoms in total. The van der Waals surface area contributed by atoms with E-state index in [0.29, 0.717) is 27.8 Å². The van der Waals surface area contributed by atoms with E-state index in [1.807, 2.05) is 18.2 Å². The Labute approximate surface area is 110 Å². The average Bonchev–Trinajstić information content (AvgIpc) is 2.40. The highest BCUT2D eigenvalue weighted by Crippen LogP contribution is 2.34. The van der Waals surface area contributed by atoms with Crippen molar-refractivity contribution >= 4 is 11.6 Å². The Morgan fingerprint density at radius 1 is 1.00 bits per heavy atom. The van der Waals surface area contributed by atoms with Gasteiger partial charge < -0.3 is 9.47 Å². The second kappa shape index (κ2) is 5.44. The van der Waals surface area contributed by atoms with Gasteiger partial charge in [-0.1, -0.05) is 29.8 Å². The molecule has 0 spiro atoms. The topological polar surface area (TPSA) is 42.2 Å². The van der Waals surface area contributed by atoms with Crippen LogP contribution < -0.4 is 9.47 Å². The number of para-hydroxylation sites is 2. The van der Waals surface area contributed by atoms with Gasteiger partial charge in [0.2, 0.25) is 0 Å². The van der Waals surface area contributed by atoms with Gasteiger partial charge in [0.05, 0.1) is 12.1 Å². The number of nitrogens with zero attached hydrogens (tertiary/aromatic N) is 1. The second-order valence-corrected chi connectivity index (χ2v) is 3.88. The molecule has 0 aliphatic heterocycles. The molecule has 0 aliphatic carbocycles. The Balaban J connectivity index is 2.41. The van der Waals surface area contributed by atoms with Crippen molar-refractivity contribution < 1.29 is 9.47 Å². The summed E-state index contributed by atoms with van der Waals surface area (Å²) in [5.74, 6) is 1.55. The first-order valence-electron chi connectivity index (χ1n) is 5.25. The van der Waals surface area contributed by atoms with Crippen molar-refractivity contribution in [2.24, 2.45) is 0 Å². The molecule has 0 bridgehead atoms. The predicted molar refractivity (Wildman–Crippen MR) is 69.2 cm³/mol. The standard InChI is InChI=1S/C14H10ClNO2/c1-17-13-6-2-3-7-14(13)18-12-8-4-5-11(15)10(12)9-16/h2-8H,1H3. The highest BCUT2D eigenvalue weighted by molar-refractivity contribution is 6.31. The normalized spacial score (nSPS) is 9.61. The third-order valence-corrected chi connectivity index (χ3v) is 2.69. The van der Waals surface area contributed by atoms with Crippen molar-refractivity contribution in [3.63, 3.8) is 0 Å². The largest absolute Gasteiger partial charge is 0.493 e. The Hall–Kier alpha value is -2.18. The molecule has 0 atom stereocenters. The van der Waals surface area contributed by atoms with Gasteiger partial charge in [-0.15, -0.1) is 0 Å². The van der Waals surface area contributed by atoms with E-state index in [1.54, 1.807) is 37.4 Å². The minimum Gasteiger partial charge on any atom is -0.493 e. The number of rotatable bonds is 3. The Kier molecular flexibility index (Phi) is 3.71. The number of methoxy groups -OCH3 is 1. The van der Waals surface area contributed by atoms with Crippen molar-refractivity contribution in [2.75, 3.05) is 7.11 Å². The SMILES string of the molecule is COc1ccccc1Oc1cccc(Cl)c1C#N. The number of benzene rings is 2. The predicted octanol–water partition coefficient (Wildman–Crippen LogP) is 4.01. The van der Waals surface area contributed by atoms with Crippen LogP contribution in [0.3, 0.4) is 0 Å². The van der Waals surface area contributed by atoms with E-state index in [4.69, 9.17) is 26.3 Å². The van der Waals surface area contributed by atoms with E-state index in [2.05, 4.69) is 0 Å². The molecule has 0 aromatic heterocycles. The van der Waals surface area contributed by atoms with Gasteiger partial charge in [0.1, 0.15) is 17.4 Å². The lowest BCUT2D eigenvalue weighted by atomic mass is 10.2. The molecule has 0 saturated carbocycles. The molecule has 0 aliphatic rings. The maximum absolute atomic E-state index is 9.06. The third kappa shape index (κ3) is 2.39. The van der Waals surface area contributed by atoms with Crippen LogP contribution in [0.5, 0.6) is 17.2 Å². The van der Waals surface area contributed by atoms with Crippen LogP contribution >= 0.6 is 11.6 Å². The van der Waals surface area contributed by atoms with Gasteiger partial charge >= 0.3 is 0 Å². The fraction of sp³-hybridized carbons (Fsp3) is 0.0714. The fourth-order valence-corrected chi connectivity index (χ4v) is 1.73. The van der Waals surface area contributed by atoms with Crippen LogP contribution in [0.4, 0.5) is 0 Å². The van der Waals surface area contributed by atoms with Crippen LogP contribution in [0, 0.1) is 11.3 Å². The van der Waals surface area contributed by atoms with Crippen molar-refractivity contribution in [1.29, 1.82) is 5.26 Å². The highest BCUT2D eigenvalue weighted by Gasteiger charge is 2.10. The van der Waals surface area contributed by atoms with Crippen molar-refractivity contribution in [3.05, 3.63) is 53.1 Å². The lowest BCUT2D eigenvalue weighted by molar-refractivity contribution is 0.378. The van der Waals surface area contributed by atoms with Gasteiger partial charge in [-0.2, -0.15) is 5.26 Å². The molecule has 0 radical (unpaired) electrons. The summed E-state index contributed by atoms with van der Waals surface area (Å²) in [6.07, 6.45) is 0. The summed E-state index contributed by atoms with van der Waals surface area (Å²) in [4.78, 5) is 0. The minimum atomic E-state index is 0.310. The molecule has 0 amide bonds. The first-order valence-corrected chi connectivity index (χ1v) is 5.63. The van der Waals surface area contributed by atoms with Gasteiger partial charge in [-0.3, -0.25) is 0 Å². The number of ether oxygens (including phenoxy) is 2. The van der Waals surface area contributed by atoms with Crippen LogP contribution in [0.25, 0.3) is 0 Å². The summed E-state index contributed by atoms with van der Waals surface area (Å²) in [6, 6.07) is 14.3. The van der Waals surface area contributed by atoms with Gasteiger partial charge in [0.15, 0.2) is 11.5 Å². The van der Waals surface area contributed by atoms with Crippen molar-refractivity contribution in [1.82, 2.24) is 0 Å². The quantitative estimate of drug-likeness (QED) is 0.836. The molecule has 2 rings (SSSR count). The summed E-state index contributed by atoms with van der Waals surface area (Å²) >= 11 is 5.94. The maximum atomic E-state index is 9.06. The van der Waals surface area contributed by atoms with Crippen LogP contribution in [0.2, 0.25) is 5.02 Å². The first kappa shape index (κ1) is 12.3. The summed E-state index contributed by atoms with van der Waals surface area (Å²) in [6.45, 7) is 0. The molecule has 0 heterocycles. The molecule has 0 N–H and O–H groups in total. The monoisotopic (exact) mass is 259 g/mol. The molecule has 0 fully saturated rings. The zero-order valence-electron chi connectivity index (χ0n) is 9.68. The molecule has 0 saturated heterocycles. The molecule has 18 heavy (non-hydrogen) atoms. The Bertz CT molecular complexity index is 605. The number of hydrogen-bond donors (Lipinski definition) is 0. The van der Waals surface area contributed by atoms with E-state index in [9.17, 15) is 0 Å². The van der Waals surface area contributed by atoms with E-state index >= 15 is 0 Å². The highest BCUT2D eigenvalue weighted by atomic mass is 35.5. The Morgan fingerprint density at radius 2 is 1.67 bits per heavy atom. The molecule has 4 heteroatoms. The van der Waals surface area contributed by atoms with Gasteiger partial charge in [0, 0.05) is 0 Å². The minimum absolute atomic E-state index is 0.310. The molecule has 0 unspecified atom stereocenters. The molecule has 90 valence electrons. The second-order valence-electron chi connectivity index (χ2n) is 3.48. The third-order valence-electron chi connectivity index (χ3n) is 2.38. The number of halogens is 1. The molecule has 2 aromatic rings. The Morgan fingerprint density at radius 3 is 2.33 bits per heavy atom. The van der Waals surface area contributed by atoms with E-state index < -0.39 is 0 Å². The summed E-state index contributed by atoms with van der Waals surface area (Å²) in [5.41, 5.74) is 0.310. The van der Waals surface area contributed by atoms with E-state index in [1.165, 1.54) is 0 Å². The summed E-state index contributed by atoms with van der Waals surface area (Å²) < 4.78 is 10.9. The zero-order valence-corrected chi connectivity index (χ0v) is 10.4. The van der Waals surface area contributed by atoms with Gasteiger partial charge in [-0.25, -0.2) is 0 Å². The zero-order chi connectivity index (χ0) is 13.0. The summed E-state index contributed by atoms with van der Waals surface area (Å²) in [5, 5.41) is 9.42. The van der Waals surface area contributed by atoms with Crippen LogP contribution in [0.1, 0.15) is 5.56 Å². The average molecular weight is 260 g/mol. The summed E-state index contributed by atoms with van der Waals surface area (Å²) in [7, 11) is 1.56. The van der Waals surface area contributed by atoms with Crippen LogP contribution in [-0.4, -0.2) is 7.11 Å².